The Morgan fingerprint density at radius 3 is 2.61 bits per heavy atom. The predicted octanol–water partition coefficient (Wildman–Crippen LogP) is 2.67. The number of carbonyl (C=O) groups is 1. The number of para-hydroxylation sites is 1. The van der Waals surface area contributed by atoms with Crippen LogP contribution in [0.2, 0.25) is 0 Å². The first-order valence-corrected chi connectivity index (χ1v) is 7.66. The number of nitrogens with zero attached hydrogens (tertiary/aromatic N) is 1. The molecule has 2 atom stereocenters. The van der Waals surface area contributed by atoms with Gasteiger partial charge in [-0.3, -0.25) is 4.79 Å². The fourth-order valence-electron chi connectivity index (χ4n) is 3.00. The molecular weight excluding hydrogens is 311 g/mol. The summed E-state index contributed by atoms with van der Waals surface area (Å²) in [5.74, 6) is -0.880. The Morgan fingerprint density at radius 2 is 2.00 bits per heavy atom. The summed E-state index contributed by atoms with van der Waals surface area (Å²) in [6.07, 6.45) is -2.37. The van der Waals surface area contributed by atoms with Crippen molar-refractivity contribution >= 4 is 5.91 Å². The standard InChI is InChI=1S/C16H18F3NO3/c17-16(18,19)23-14-4-2-1-3-11(14)12-9-13(12)15(22)20(7-8-21)10-5-6-10/h1-4,10,12-13,21H,5-9H2. The summed E-state index contributed by atoms with van der Waals surface area (Å²) >= 11 is 0. The lowest BCUT2D eigenvalue weighted by atomic mass is 10.1. The highest BCUT2D eigenvalue weighted by molar-refractivity contribution is 5.83. The van der Waals surface area contributed by atoms with E-state index in [1.54, 1.807) is 17.0 Å². The van der Waals surface area contributed by atoms with Gasteiger partial charge in [-0.15, -0.1) is 13.2 Å². The Balaban J connectivity index is 1.71. The second-order valence-electron chi connectivity index (χ2n) is 6.02. The molecular formula is C16H18F3NO3. The highest BCUT2D eigenvalue weighted by atomic mass is 19.4. The molecule has 1 amide bonds. The van der Waals surface area contributed by atoms with Crippen molar-refractivity contribution < 1.29 is 27.8 Å². The quantitative estimate of drug-likeness (QED) is 0.873. The van der Waals surface area contributed by atoms with Crippen molar-refractivity contribution in [2.24, 2.45) is 5.92 Å². The topological polar surface area (TPSA) is 49.8 Å². The van der Waals surface area contributed by atoms with Crippen LogP contribution in [0.1, 0.15) is 30.7 Å². The molecule has 7 heteroatoms. The van der Waals surface area contributed by atoms with Gasteiger partial charge in [0.2, 0.25) is 5.91 Å². The van der Waals surface area contributed by atoms with Crippen LogP contribution in [0, 0.1) is 5.92 Å². The maximum Gasteiger partial charge on any atom is 0.573 e. The molecule has 0 spiro atoms. The molecule has 1 aromatic rings. The average molecular weight is 329 g/mol. The highest BCUT2D eigenvalue weighted by Gasteiger charge is 2.49. The first-order valence-electron chi connectivity index (χ1n) is 7.66. The third-order valence-electron chi connectivity index (χ3n) is 4.26. The maximum absolute atomic E-state index is 12.5. The van der Waals surface area contributed by atoms with Crippen molar-refractivity contribution in [3.8, 4) is 5.75 Å². The van der Waals surface area contributed by atoms with E-state index in [1.807, 2.05) is 0 Å². The molecule has 23 heavy (non-hydrogen) atoms. The van der Waals surface area contributed by atoms with Gasteiger partial charge >= 0.3 is 6.36 Å². The summed E-state index contributed by atoms with van der Waals surface area (Å²) in [5.41, 5.74) is 0.419. The Kier molecular flexibility index (Phi) is 4.23. The Bertz CT molecular complexity index is 586. The van der Waals surface area contributed by atoms with Crippen LogP contribution < -0.4 is 4.74 Å². The summed E-state index contributed by atoms with van der Waals surface area (Å²) in [6.45, 7) is 0.181. The second kappa shape index (κ2) is 6.03. The minimum Gasteiger partial charge on any atom is -0.405 e. The molecule has 2 saturated carbocycles. The van der Waals surface area contributed by atoms with Crippen LogP contribution >= 0.6 is 0 Å². The maximum atomic E-state index is 12.5. The number of hydrogen-bond donors (Lipinski definition) is 1. The fraction of sp³-hybridized carbons (Fsp3) is 0.562. The largest absolute Gasteiger partial charge is 0.573 e. The summed E-state index contributed by atoms with van der Waals surface area (Å²) in [5, 5.41) is 9.08. The minimum absolute atomic E-state index is 0.0756. The molecule has 2 fully saturated rings. The third kappa shape index (κ3) is 3.77. The van der Waals surface area contributed by atoms with E-state index in [9.17, 15) is 18.0 Å². The molecule has 1 N–H and O–H groups in total. The van der Waals surface area contributed by atoms with Crippen molar-refractivity contribution in [2.45, 2.75) is 37.6 Å². The lowest BCUT2D eigenvalue weighted by molar-refractivity contribution is -0.274. The van der Waals surface area contributed by atoms with Gasteiger partial charge in [0.15, 0.2) is 0 Å². The van der Waals surface area contributed by atoms with Gasteiger partial charge < -0.3 is 14.7 Å². The number of aliphatic hydroxyl groups excluding tert-OH is 1. The van der Waals surface area contributed by atoms with Gasteiger partial charge in [-0.2, -0.15) is 0 Å². The number of rotatable bonds is 6. The molecule has 0 aromatic heterocycles. The van der Waals surface area contributed by atoms with Gasteiger partial charge in [-0.05, 0) is 36.8 Å². The van der Waals surface area contributed by atoms with Crippen LogP contribution in [0.5, 0.6) is 5.75 Å². The van der Waals surface area contributed by atoms with Crippen molar-refractivity contribution in [3.05, 3.63) is 29.8 Å². The Hall–Kier alpha value is -1.76. The fourth-order valence-corrected chi connectivity index (χ4v) is 3.00. The molecule has 1 aromatic carbocycles. The van der Waals surface area contributed by atoms with Gasteiger partial charge in [0.1, 0.15) is 5.75 Å². The molecule has 126 valence electrons. The molecule has 0 aliphatic heterocycles. The molecule has 2 unspecified atom stereocenters. The number of alkyl halides is 3. The van der Waals surface area contributed by atoms with Crippen LogP contribution in [0.4, 0.5) is 13.2 Å². The SMILES string of the molecule is O=C(C1CC1c1ccccc1OC(F)(F)F)N(CCO)C1CC1. The summed E-state index contributed by atoms with van der Waals surface area (Å²) in [4.78, 5) is 14.2. The smallest absolute Gasteiger partial charge is 0.405 e. The van der Waals surface area contributed by atoms with E-state index in [2.05, 4.69) is 4.74 Å². The predicted molar refractivity (Wildman–Crippen MR) is 75.8 cm³/mol. The van der Waals surface area contributed by atoms with Gasteiger partial charge in [0.25, 0.3) is 0 Å². The average Bonchev–Trinajstić information content (AvgIpc) is 3.36. The van der Waals surface area contributed by atoms with Gasteiger partial charge in [-0.25, -0.2) is 0 Å². The number of carbonyl (C=O) groups excluding carboxylic acids is 1. The van der Waals surface area contributed by atoms with Gasteiger partial charge in [0, 0.05) is 18.5 Å². The molecule has 0 radical (unpaired) electrons. The van der Waals surface area contributed by atoms with E-state index in [-0.39, 0.29) is 42.7 Å². The summed E-state index contributed by atoms with van der Waals surface area (Å²) in [6, 6.07) is 6.15. The second-order valence-corrected chi connectivity index (χ2v) is 6.02. The summed E-state index contributed by atoms with van der Waals surface area (Å²) < 4.78 is 41.5. The third-order valence-corrected chi connectivity index (χ3v) is 4.26. The monoisotopic (exact) mass is 329 g/mol. The summed E-state index contributed by atoms with van der Waals surface area (Å²) in [7, 11) is 0. The molecule has 3 rings (SSSR count). The zero-order valence-electron chi connectivity index (χ0n) is 12.4. The van der Waals surface area contributed by atoms with Crippen molar-refractivity contribution in [1.29, 1.82) is 0 Å². The lowest BCUT2D eigenvalue weighted by Crippen LogP contribution is -2.36. The van der Waals surface area contributed by atoms with Crippen LogP contribution in [0.3, 0.4) is 0 Å². The zero-order valence-corrected chi connectivity index (χ0v) is 12.4. The molecule has 2 aliphatic rings. The molecule has 4 nitrogen and oxygen atoms in total. The Labute approximate surface area is 131 Å². The van der Waals surface area contributed by atoms with Crippen molar-refractivity contribution in [1.82, 2.24) is 4.90 Å². The van der Waals surface area contributed by atoms with Crippen LogP contribution in [0.15, 0.2) is 24.3 Å². The van der Waals surface area contributed by atoms with E-state index < -0.39 is 6.36 Å². The van der Waals surface area contributed by atoms with Crippen LogP contribution in [-0.2, 0) is 4.79 Å². The van der Waals surface area contributed by atoms with E-state index in [0.717, 1.165) is 12.8 Å². The van der Waals surface area contributed by atoms with Crippen molar-refractivity contribution in [3.63, 3.8) is 0 Å². The van der Waals surface area contributed by atoms with Gasteiger partial charge in [0.05, 0.1) is 6.61 Å². The normalized spacial score (nSPS) is 23.5. The highest BCUT2D eigenvalue weighted by Crippen LogP contribution is 2.52. The first-order chi connectivity index (χ1) is 10.9. The van der Waals surface area contributed by atoms with E-state index in [0.29, 0.717) is 12.0 Å². The number of halogens is 3. The molecule has 0 heterocycles. The zero-order chi connectivity index (χ0) is 16.6. The van der Waals surface area contributed by atoms with E-state index in [1.165, 1.54) is 12.1 Å². The number of hydrogen-bond acceptors (Lipinski definition) is 3. The first kappa shape index (κ1) is 16.1. The van der Waals surface area contributed by atoms with Crippen LogP contribution in [-0.4, -0.2) is 41.5 Å². The van der Waals surface area contributed by atoms with Crippen LogP contribution in [0.25, 0.3) is 0 Å². The van der Waals surface area contributed by atoms with E-state index in [4.69, 9.17) is 5.11 Å². The number of aliphatic hydroxyl groups is 1. The number of benzene rings is 1. The number of ether oxygens (including phenoxy) is 1. The Morgan fingerprint density at radius 1 is 1.30 bits per heavy atom. The minimum atomic E-state index is -4.75. The van der Waals surface area contributed by atoms with E-state index >= 15 is 0 Å². The molecule has 0 bridgehead atoms. The molecule has 0 saturated heterocycles. The van der Waals surface area contributed by atoms with Crippen molar-refractivity contribution in [2.75, 3.05) is 13.2 Å². The lowest BCUT2D eigenvalue weighted by Gasteiger charge is -2.21. The van der Waals surface area contributed by atoms with Gasteiger partial charge in [-0.1, -0.05) is 18.2 Å². The molecule has 2 aliphatic carbocycles. The number of amides is 1.